The van der Waals surface area contributed by atoms with Crippen LogP contribution in [0.25, 0.3) is 22.9 Å². The molecule has 0 aromatic heterocycles. The van der Waals surface area contributed by atoms with E-state index in [1.165, 1.54) is 11.1 Å². The van der Waals surface area contributed by atoms with Gasteiger partial charge < -0.3 is 5.11 Å². The van der Waals surface area contributed by atoms with Crippen molar-refractivity contribution in [2.24, 2.45) is 0 Å². The zero-order valence-corrected chi connectivity index (χ0v) is 12.4. The third-order valence-corrected chi connectivity index (χ3v) is 3.77. The predicted molar refractivity (Wildman–Crippen MR) is 94.9 cm³/mol. The second-order valence-electron chi connectivity index (χ2n) is 5.30. The van der Waals surface area contributed by atoms with Gasteiger partial charge in [-0.25, -0.2) is 0 Å². The lowest BCUT2D eigenvalue weighted by molar-refractivity contribution is 0.476. The SMILES string of the molecule is C1=Cc2ccccc2C1.C=Cc1ccc2cc(O)ccc2c1. The summed E-state index contributed by atoms with van der Waals surface area (Å²) in [6.07, 6.45) is 7.31. The minimum absolute atomic E-state index is 0.304. The normalized spacial score (nSPS) is 11.6. The number of aromatic hydroxyl groups is 1. The molecule has 3 aromatic rings. The summed E-state index contributed by atoms with van der Waals surface area (Å²) in [6, 6.07) is 19.8. The van der Waals surface area contributed by atoms with Crippen molar-refractivity contribution in [2.75, 3.05) is 0 Å². The van der Waals surface area contributed by atoms with Crippen molar-refractivity contribution in [3.63, 3.8) is 0 Å². The van der Waals surface area contributed by atoms with Gasteiger partial charge in [0.05, 0.1) is 0 Å². The van der Waals surface area contributed by atoms with E-state index in [2.05, 4.69) is 43.0 Å². The minimum Gasteiger partial charge on any atom is -0.508 e. The summed E-state index contributed by atoms with van der Waals surface area (Å²) in [7, 11) is 0. The average molecular weight is 286 g/mol. The number of rotatable bonds is 1. The number of hydrogen-bond donors (Lipinski definition) is 1. The van der Waals surface area contributed by atoms with Crippen LogP contribution < -0.4 is 0 Å². The topological polar surface area (TPSA) is 20.2 Å². The molecule has 22 heavy (non-hydrogen) atoms. The Morgan fingerprint density at radius 3 is 2.50 bits per heavy atom. The molecule has 0 bridgehead atoms. The molecule has 0 radical (unpaired) electrons. The summed E-state index contributed by atoms with van der Waals surface area (Å²) in [6.45, 7) is 3.71. The molecule has 0 aliphatic heterocycles. The summed E-state index contributed by atoms with van der Waals surface area (Å²) in [4.78, 5) is 0. The van der Waals surface area contributed by atoms with Crippen LogP contribution in [0.1, 0.15) is 16.7 Å². The summed E-state index contributed by atoms with van der Waals surface area (Å²) in [5.41, 5.74) is 3.94. The molecule has 1 aliphatic rings. The highest BCUT2D eigenvalue weighted by molar-refractivity contribution is 5.85. The molecule has 4 rings (SSSR count). The molecule has 0 spiro atoms. The number of benzene rings is 3. The number of fused-ring (bicyclic) bond motifs is 2. The molecule has 0 heterocycles. The molecule has 108 valence electrons. The number of phenolic OH excluding ortho intramolecular Hbond substituents is 1. The van der Waals surface area contributed by atoms with E-state index in [0.29, 0.717) is 5.75 Å². The molecule has 3 aromatic carbocycles. The van der Waals surface area contributed by atoms with E-state index in [-0.39, 0.29) is 0 Å². The molecule has 1 N–H and O–H groups in total. The molecule has 0 saturated heterocycles. The first kappa shape index (κ1) is 14.2. The highest BCUT2D eigenvalue weighted by Crippen LogP contribution is 2.21. The lowest BCUT2D eigenvalue weighted by Gasteiger charge is -1.99. The van der Waals surface area contributed by atoms with Gasteiger partial charge in [-0.2, -0.15) is 0 Å². The Hall–Kier alpha value is -2.80. The number of allylic oxidation sites excluding steroid dienone is 1. The first-order valence-electron chi connectivity index (χ1n) is 7.36. The number of phenols is 1. The lowest BCUT2D eigenvalue weighted by Crippen LogP contribution is -1.76. The van der Waals surface area contributed by atoms with Gasteiger partial charge in [-0.3, -0.25) is 0 Å². The Bertz CT molecular complexity index is 843. The van der Waals surface area contributed by atoms with Crippen molar-refractivity contribution in [1.82, 2.24) is 0 Å². The van der Waals surface area contributed by atoms with Gasteiger partial charge >= 0.3 is 0 Å². The summed E-state index contributed by atoms with van der Waals surface area (Å²) < 4.78 is 0. The molecular formula is C21H18O. The van der Waals surface area contributed by atoms with Crippen LogP contribution in [0.3, 0.4) is 0 Å². The largest absolute Gasteiger partial charge is 0.508 e. The molecule has 1 heteroatoms. The predicted octanol–water partition coefficient (Wildman–Crippen LogP) is 5.44. The van der Waals surface area contributed by atoms with E-state index < -0.39 is 0 Å². The van der Waals surface area contributed by atoms with E-state index in [4.69, 9.17) is 0 Å². The average Bonchev–Trinajstić information content (AvgIpc) is 3.03. The molecule has 1 aliphatic carbocycles. The van der Waals surface area contributed by atoms with Crippen LogP contribution in [0, 0.1) is 0 Å². The molecule has 0 amide bonds. The Kier molecular flexibility index (Phi) is 4.06. The van der Waals surface area contributed by atoms with Crippen molar-refractivity contribution in [2.45, 2.75) is 6.42 Å². The maximum absolute atomic E-state index is 9.24. The zero-order valence-electron chi connectivity index (χ0n) is 12.4. The first-order chi connectivity index (χ1) is 10.8. The Balaban J connectivity index is 0.000000139. The molecule has 0 atom stereocenters. The van der Waals surface area contributed by atoms with Crippen molar-refractivity contribution in [3.05, 3.63) is 90.0 Å². The van der Waals surface area contributed by atoms with Crippen LogP contribution in [0.4, 0.5) is 0 Å². The molecule has 0 unspecified atom stereocenters. The zero-order chi connectivity index (χ0) is 15.4. The van der Waals surface area contributed by atoms with Crippen molar-refractivity contribution in [3.8, 4) is 5.75 Å². The molecular weight excluding hydrogens is 268 g/mol. The van der Waals surface area contributed by atoms with Crippen LogP contribution in [-0.4, -0.2) is 5.11 Å². The van der Waals surface area contributed by atoms with Crippen LogP contribution in [0.5, 0.6) is 5.75 Å². The lowest BCUT2D eigenvalue weighted by atomic mass is 10.1. The van der Waals surface area contributed by atoms with Crippen molar-refractivity contribution in [1.29, 1.82) is 0 Å². The smallest absolute Gasteiger partial charge is 0.116 e. The Labute approximate surface area is 130 Å². The maximum atomic E-state index is 9.24. The summed E-state index contributed by atoms with van der Waals surface area (Å²) in [5.74, 6) is 0.304. The standard InChI is InChI=1S/C12H10O.C9H8/c1-2-9-3-4-11-8-12(13)6-5-10(11)7-9;1-2-5-9-7-3-6-8(9)4-1/h2-8,13H,1H2;1-6H,7H2. The fourth-order valence-corrected chi connectivity index (χ4v) is 2.57. The third kappa shape index (κ3) is 3.09. The fraction of sp³-hybridized carbons (Fsp3) is 0.0476. The Morgan fingerprint density at radius 1 is 0.909 bits per heavy atom. The number of hydrogen-bond acceptors (Lipinski definition) is 1. The van der Waals surface area contributed by atoms with E-state index in [0.717, 1.165) is 22.8 Å². The molecule has 0 saturated carbocycles. The second kappa shape index (κ2) is 6.31. The van der Waals surface area contributed by atoms with E-state index in [1.807, 2.05) is 30.3 Å². The fourth-order valence-electron chi connectivity index (χ4n) is 2.57. The summed E-state index contributed by atoms with van der Waals surface area (Å²) in [5, 5.41) is 11.4. The highest BCUT2D eigenvalue weighted by Gasteiger charge is 2.00. The first-order valence-corrected chi connectivity index (χ1v) is 7.36. The molecule has 0 fully saturated rings. The second-order valence-corrected chi connectivity index (χ2v) is 5.30. The van der Waals surface area contributed by atoms with Gasteiger partial charge in [0.1, 0.15) is 5.75 Å². The maximum Gasteiger partial charge on any atom is 0.116 e. The van der Waals surface area contributed by atoms with Gasteiger partial charge in [0.25, 0.3) is 0 Å². The van der Waals surface area contributed by atoms with Crippen LogP contribution in [-0.2, 0) is 6.42 Å². The van der Waals surface area contributed by atoms with Gasteiger partial charge in [0.15, 0.2) is 0 Å². The third-order valence-electron chi connectivity index (χ3n) is 3.77. The van der Waals surface area contributed by atoms with Gasteiger partial charge in [-0.05, 0) is 52.1 Å². The van der Waals surface area contributed by atoms with Gasteiger partial charge in [0, 0.05) is 0 Å². The summed E-state index contributed by atoms with van der Waals surface area (Å²) >= 11 is 0. The van der Waals surface area contributed by atoms with Gasteiger partial charge in [0.2, 0.25) is 0 Å². The van der Waals surface area contributed by atoms with Crippen LogP contribution >= 0.6 is 0 Å². The highest BCUT2D eigenvalue weighted by atomic mass is 16.3. The van der Waals surface area contributed by atoms with Crippen LogP contribution in [0.15, 0.2) is 73.3 Å². The van der Waals surface area contributed by atoms with Crippen LogP contribution in [0.2, 0.25) is 0 Å². The monoisotopic (exact) mass is 286 g/mol. The molecule has 1 nitrogen and oxygen atoms in total. The van der Waals surface area contributed by atoms with E-state index in [1.54, 1.807) is 12.1 Å². The van der Waals surface area contributed by atoms with E-state index >= 15 is 0 Å². The van der Waals surface area contributed by atoms with Gasteiger partial charge in [-0.1, -0.05) is 67.3 Å². The van der Waals surface area contributed by atoms with E-state index in [9.17, 15) is 5.11 Å². The Morgan fingerprint density at radius 2 is 1.68 bits per heavy atom. The quantitative estimate of drug-likeness (QED) is 0.631. The minimum atomic E-state index is 0.304. The van der Waals surface area contributed by atoms with Gasteiger partial charge in [-0.15, -0.1) is 0 Å². The van der Waals surface area contributed by atoms with Crippen molar-refractivity contribution < 1.29 is 5.11 Å². The van der Waals surface area contributed by atoms with Crippen molar-refractivity contribution >= 4 is 22.9 Å².